The van der Waals surface area contributed by atoms with Gasteiger partial charge in [0, 0.05) is 19.5 Å². The molecule has 0 radical (unpaired) electrons. The minimum Gasteiger partial charge on any atom is -0.481 e. The lowest BCUT2D eigenvalue weighted by Gasteiger charge is -2.16. The Balaban J connectivity index is 2.14. The standard InChI is InChI=1S/C11H16N6O2/c1-4-7-13-10(19-16-7)6-17(2)8-5-9(18-3)15-11(12)14-8/h5H,4,6H2,1-3H3,(H2,12,14,15). The number of aryl methyl sites for hydroxylation is 1. The van der Waals surface area contributed by atoms with Crippen LogP contribution in [0.25, 0.3) is 0 Å². The average Bonchev–Trinajstić information content (AvgIpc) is 2.85. The van der Waals surface area contributed by atoms with Gasteiger partial charge in [-0.05, 0) is 0 Å². The maximum Gasteiger partial charge on any atom is 0.246 e. The predicted octanol–water partition coefficient (Wildman–Crippen LogP) is 0.649. The molecule has 2 heterocycles. The van der Waals surface area contributed by atoms with Crippen molar-refractivity contribution in [2.24, 2.45) is 0 Å². The molecule has 0 atom stereocenters. The second kappa shape index (κ2) is 5.51. The van der Waals surface area contributed by atoms with Crippen molar-refractivity contribution in [1.82, 2.24) is 20.1 Å². The molecule has 0 amide bonds. The Labute approximate surface area is 110 Å². The molecule has 2 N–H and O–H groups in total. The van der Waals surface area contributed by atoms with E-state index in [-0.39, 0.29) is 5.95 Å². The lowest BCUT2D eigenvalue weighted by molar-refractivity contribution is 0.372. The van der Waals surface area contributed by atoms with Gasteiger partial charge in [-0.1, -0.05) is 12.1 Å². The first-order chi connectivity index (χ1) is 9.12. The predicted molar refractivity (Wildman–Crippen MR) is 68.8 cm³/mol. The first-order valence-electron chi connectivity index (χ1n) is 5.83. The fraction of sp³-hybridized carbons (Fsp3) is 0.455. The quantitative estimate of drug-likeness (QED) is 0.839. The SMILES string of the molecule is CCc1noc(CN(C)c2cc(OC)nc(N)n2)n1. The molecule has 2 aromatic rings. The molecule has 0 aliphatic rings. The normalized spacial score (nSPS) is 10.5. The van der Waals surface area contributed by atoms with Gasteiger partial charge in [-0.3, -0.25) is 0 Å². The third-order valence-corrected chi connectivity index (χ3v) is 2.51. The molecule has 0 saturated heterocycles. The summed E-state index contributed by atoms with van der Waals surface area (Å²) < 4.78 is 10.2. The largest absolute Gasteiger partial charge is 0.481 e. The van der Waals surface area contributed by atoms with E-state index in [0.717, 1.165) is 6.42 Å². The maximum atomic E-state index is 5.61. The molecule has 19 heavy (non-hydrogen) atoms. The number of hydrogen-bond donors (Lipinski definition) is 1. The van der Waals surface area contributed by atoms with Crippen LogP contribution in [0.1, 0.15) is 18.6 Å². The van der Waals surface area contributed by atoms with Crippen LogP contribution in [-0.4, -0.2) is 34.3 Å². The van der Waals surface area contributed by atoms with E-state index in [1.165, 1.54) is 7.11 Å². The third kappa shape index (κ3) is 3.09. The summed E-state index contributed by atoms with van der Waals surface area (Å²) in [5.41, 5.74) is 5.61. The van der Waals surface area contributed by atoms with Crippen molar-refractivity contribution in [2.75, 3.05) is 24.8 Å². The number of aromatic nitrogens is 4. The van der Waals surface area contributed by atoms with Gasteiger partial charge in [0.25, 0.3) is 0 Å². The van der Waals surface area contributed by atoms with Crippen molar-refractivity contribution in [1.29, 1.82) is 0 Å². The van der Waals surface area contributed by atoms with Gasteiger partial charge < -0.3 is 19.9 Å². The minimum atomic E-state index is 0.154. The number of methoxy groups -OCH3 is 1. The minimum absolute atomic E-state index is 0.154. The fourth-order valence-corrected chi connectivity index (χ4v) is 1.51. The van der Waals surface area contributed by atoms with E-state index in [4.69, 9.17) is 15.0 Å². The molecule has 0 aliphatic carbocycles. The first-order valence-corrected chi connectivity index (χ1v) is 5.83. The van der Waals surface area contributed by atoms with Crippen LogP contribution in [0.4, 0.5) is 11.8 Å². The second-order valence-corrected chi connectivity index (χ2v) is 3.94. The van der Waals surface area contributed by atoms with E-state index in [0.29, 0.717) is 30.0 Å². The number of nitrogens with two attached hydrogens (primary N) is 1. The van der Waals surface area contributed by atoms with Gasteiger partial charge in [0.1, 0.15) is 5.82 Å². The van der Waals surface area contributed by atoms with E-state index < -0.39 is 0 Å². The van der Waals surface area contributed by atoms with Crippen LogP contribution >= 0.6 is 0 Å². The Morgan fingerprint density at radius 1 is 1.37 bits per heavy atom. The van der Waals surface area contributed by atoms with Crippen molar-refractivity contribution in [2.45, 2.75) is 19.9 Å². The molecule has 8 heteroatoms. The molecule has 0 saturated carbocycles. The zero-order chi connectivity index (χ0) is 13.8. The Kier molecular flexibility index (Phi) is 3.79. The summed E-state index contributed by atoms with van der Waals surface area (Å²) in [5, 5.41) is 3.84. The molecular formula is C11H16N6O2. The van der Waals surface area contributed by atoms with Gasteiger partial charge in [0.2, 0.25) is 17.7 Å². The molecule has 0 bridgehead atoms. The highest BCUT2D eigenvalue weighted by molar-refractivity contribution is 5.44. The molecular weight excluding hydrogens is 248 g/mol. The van der Waals surface area contributed by atoms with Crippen LogP contribution in [0, 0.1) is 0 Å². The topological polar surface area (TPSA) is 103 Å². The number of hydrogen-bond acceptors (Lipinski definition) is 8. The first kappa shape index (κ1) is 13.1. The molecule has 0 unspecified atom stereocenters. The zero-order valence-corrected chi connectivity index (χ0v) is 11.1. The van der Waals surface area contributed by atoms with Gasteiger partial charge in [-0.2, -0.15) is 15.0 Å². The summed E-state index contributed by atoms with van der Waals surface area (Å²) in [6.07, 6.45) is 0.738. The molecule has 0 aliphatic heterocycles. The lowest BCUT2D eigenvalue weighted by Crippen LogP contribution is -2.19. The number of nitrogen functional groups attached to an aromatic ring is 1. The molecule has 102 valence electrons. The summed E-state index contributed by atoms with van der Waals surface area (Å²) in [6.45, 7) is 2.40. The molecule has 8 nitrogen and oxygen atoms in total. The Bertz CT molecular complexity index is 556. The molecule has 2 rings (SSSR count). The van der Waals surface area contributed by atoms with E-state index in [1.54, 1.807) is 6.07 Å². The Morgan fingerprint density at radius 3 is 2.79 bits per heavy atom. The van der Waals surface area contributed by atoms with Crippen LogP contribution in [-0.2, 0) is 13.0 Å². The van der Waals surface area contributed by atoms with E-state index in [9.17, 15) is 0 Å². The summed E-state index contributed by atoms with van der Waals surface area (Å²) >= 11 is 0. The van der Waals surface area contributed by atoms with Crippen LogP contribution in [0.15, 0.2) is 10.6 Å². The van der Waals surface area contributed by atoms with Gasteiger partial charge >= 0.3 is 0 Å². The highest BCUT2D eigenvalue weighted by Gasteiger charge is 2.12. The Morgan fingerprint density at radius 2 is 2.16 bits per heavy atom. The van der Waals surface area contributed by atoms with Crippen molar-refractivity contribution in [3.05, 3.63) is 17.8 Å². The Hall–Kier alpha value is -2.38. The molecule has 0 aromatic carbocycles. The van der Waals surface area contributed by atoms with Gasteiger partial charge in [-0.15, -0.1) is 0 Å². The van der Waals surface area contributed by atoms with Crippen LogP contribution in [0.5, 0.6) is 5.88 Å². The average molecular weight is 264 g/mol. The summed E-state index contributed by atoms with van der Waals surface area (Å²) in [6, 6.07) is 1.69. The lowest BCUT2D eigenvalue weighted by atomic mass is 10.4. The summed E-state index contributed by atoms with van der Waals surface area (Å²) in [7, 11) is 3.37. The zero-order valence-electron chi connectivity index (χ0n) is 11.1. The van der Waals surface area contributed by atoms with E-state index in [2.05, 4.69) is 20.1 Å². The van der Waals surface area contributed by atoms with Crippen molar-refractivity contribution in [3.63, 3.8) is 0 Å². The van der Waals surface area contributed by atoms with E-state index in [1.807, 2.05) is 18.9 Å². The number of nitrogens with zero attached hydrogens (tertiary/aromatic N) is 5. The fourth-order valence-electron chi connectivity index (χ4n) is 1.51. The van der Waals surface area contributed by atoms with Crippen LogP contribution < -0.4 is 15.4 Å². The van der Waals surface area contributed by atoms with Crippen LogP contribution in [0.2, 0.25) is 0 Å². The van der Waals surface area contributed by atoms with Crippen LogP contribution in [0.3, 0.4) is 0 Å². The van der Waals surface area contributed by atoms with Gasteiger partial charge in [0.05, 0.1) is 13.7 Å². The monoisotopic (exact) mass is 264 g/mol. The molecule has 0 fully saturated rings. The van der Waals surface area contributed by atoms with Gasteiger partial charge in [-0.25, -0.2) is 0 Å². The van der Waals surface area contributed by atoms with Crippen molar-refractivity contribution in [3.8, 4) is 5.88 Å². The number of anilines is 2. The molecule has 2 aromatic heterocycles. The second-order valence-electron chi connectivity index (χ2n) is 3.94. The van der Waals surface area contributed by atoms with Gasteiger partial charge in [0.15, 0.2) is 5.82 Å². The molecule has 0 spiro atoms. The third-order valence-electron chi connectivity index (χ3n) is 2.51. The highest BCUT2D eigenvalue weighted by atomic mass is 16.5. The maximum absolute atomic E-state index is 5.61. The number of ether oxygens (including phenoxy) is 1. The highest BCUT2D eigenvalue weighted by Crippen LogP contribution is 2.18. The van der Waals surface area contributed by atoms with Crippen molar-refractivity contribution >= 4 is 11.8 Å². The van der Waals surface area contributed by atoms with E-state index >= 15 is 0 Å². The number of rotatable bonds is 5. The van der Waals surface area contributed by atoms with Crippen molar-refractivity contribution < 1.29 is 9.26 Å². The summed E-state index contributed by atoms with van der Waals surface area (Å²) in [5.74, 6) is 2.40. The smallest absolute Gasteiger partial charge is 0.246 e. The summed E-state index contributed by atoms with van der Waals surface area (Å²) in [4.78, 5) is 14.1.